The zero-order chi connectivity index (χ0) is 17.1. The van der Waals surface area contributed by atoms with Gasteiger partial charge in [-0.15, -0.1) is 12.4 Å². The van der Waals surface area contributed by atoms with Crippen LogP contribution in [0.2, 0.25) is 0 Å². The third-order valence-corrected chi connectivity index (χ3v) is 4.01. The molecule has 1 atom stereocenters. The summed E-state index contributed by atoms with van der Waals surface area (Å²) in [5, 5.41) is 9.62. The van der Waals surface area contributed by atoms with Crippen molar-refractivity contribution < 1.29 is 14.3 Å². The molecule has 0 unspecified atom stereocenters. The number of carbonyl (C=O) groups is 1. The van der Waals surface area contributed by atoms with E-state index in [1.807, 2.05) is 64.9 Å². The second-order valence-electron chi connectivity index (χ2n) is 6.78. The van der Waals surface area contributed by atoms with Crippen LogP contribution in [0.1, 0.15) is 62.6 Å². The molecule has 1 aromatic carbocycles. The monoisotopic (exact) mass is 345 g/mol. The van der Waals surface area contributed by atoms with Crippen LogP contribution in [-0.4, -0.2) is 36.6 Å². The molecule has 0 saturated carbocycles. The van der Waals surface area contributed by atoms with E-state index in [1.54, 1.807) is 0 Å². The fourth-order valence-electron chi connectivity index (χ4n) is 2.73. The number of carboxylic acids is 1. The molecule has 0 saturated heterocycles. The van der Waals surface area contributed by atoms with Crippen LogP contribution in [0, 0.1) is 0 Å². The minimum atomic E-state index is -2.36. The summed E-state index contributed by atoms with van der Waals surface area (Å²) in [5.74, 6) is -1.26. The summed E-state index contributed by atoms with van der Waals surface area (Å²) in [4.78, 5) is 13.6. The first-order valence-corrected chi connectivity index (χ1v) is 7.81. The minimum Gasteiger partial charge on any atom is -0.479 e. The number of aliphatic carboxylic acids is 1. The summed E-state index contributed by atoms with van der Waals surface area (Å²) in [7, 11) is 3.64. The Kier molecular flexibility index (Phi) is 8.22. The molecule has 0 aromatic heterocycles. The molecule has 0 radical (unpaired) electrons. The predicted octanol–water partition coefficient (Wildman–Crippen LogP) is 4.56. The van der Waals surface area contributed by atoms with E-state index in [4.69, 9.17) is 0 Å². The lowest BCUT2D eigenvalue weighted by molar-refractivity contribution is -0.152. The van der Waals surface area contributed by atoms with Crippen LogP contribution in [0.4, 0.5) is 4.39 Å². The number of halogens is 2. The summed E-state index contributed by atoms with van der Waals surface area (Å²) in [6.07, 6.45) is -0.0568. The van der Waals surface area contributed by atoms with Crippen LogP contribution in [0.15, 0.2) is 18.2 Å². The number of benzene rings is 1. The molecule has 0 fully saturated rings. The summed E-state index contributed by atoms with van der Waals surface area (Å²) in [6.45, 7) is 8.26. The molecule has 1 rings (SSSR count). The first-order chi connectivity index (χ1) is 10.1. The second-order valence-corrected chi connectivity index (χ2v) is 6.78. The molecule has 0 amide bonds. The van der Waals surface area contributed by atoms with E-state index in [9.17, 15) is 9.90 Å². The topological polar surface area (TPSA) is 40.5 Å². The van der Waals surface area contributed by atoms with E-state index in [1.165, 1.54) is 0 Å². The second kappa shape index (κ2) is 8.65. The predicted molar refractivity (Wildman–Crippen MR) is 95.5 cm³/mol. The van der Waals surface area contributed by atoms with Gasteiger partial charge in [0.25, 0.3) is 0 Å². The fraction of sp³-hybridized carbons (Fsp3) is 0.611. The van der Waals surface area contributed by atoms with E-state index in [0.717, 1.165) is 11.1 Å². The smallest absolute Gasteiger partial charge is 0.346 e. The molecule has 0 spiro atoms. The number of carboxylic acid groups (broad SMARTS) is 1. The highest BCUT2D eigenvalue weighted by atomic mass is 35.5. The van der Waals surface area contributed by atoms with Crippen molar-refractivity contribution in [3.63, 3.8) is 0 Å². The van der Waals surface area contributed by atoms with Crippen LogP contribution in [0.25, 0.3) is 0 Å². The van der Waals surface area contributed by atoms with Gasteiger partial charge in [-0.05, 0) is 37.1 Å². The Hall–Kier alpha value is -1.13. The van der Waals surface area contributed by atoms with Crippen LogP contribution in [0.5, 0.6) is 0 Å². The van der Waals surface area contributed by atoms with E-state index < -0.39 is 11.6 Å². The average molecular weight is 346 g/mol. The fourth-order valence-corrected chi connectivity index (χ4v) is 2.73. The number of alkyl halides is 1. The van der Waals surface area contributed by atoms with Gasteiger partial charge in [-0.3, -0.25) is 0 Å². The normalized spacial score (nSPS) is 14.0. The molecule has 0 aliphatic carbocycles. The van der Waals surface area contributed by atoms with Gasteiger partial charge in [0.15, 0.2) is 0 Å². The lowest BCUT2D eigenvalue weighted by atomic mass is 9.79. The maximum Gasteiger partial charge on any atom is 0.346 e. The molecule has 5 heteroatoms. The van der Waals surface area contributed by atoms with Crippen molar-refractivity contribution in [2.75, 3.05) is 20.6 Å². The Morgan fingerprint density at radius 2 is 1.61 bits per heavy atom. The van der Waals surface area contributed by atoms with Gasteiger partial charge in [-0.2, -0.15) is 0 Å². The average Bonchev–Trinajstić information content (AvgIpc) is 2.43. The van der Waals surface area contributed by atoms with Crippen LogP contribution in [0.3, 0.4) is 0 Å². The third-order valence-electron chi connectivity index (χ3n) is 4.01. The van der Waals surface area contributed by atoms with Crippen LogP contribution < -0.4 is 0 Å². The van der Waals surface area contributed by atoms with E-state index in [2.05, 4.69) is 0 Å². The summed E-state index contributed by atoms with van der Waals surface area (Å²) >= 11 is 0. The molecular formula is C18H29ClFNO2. The summed E-state index contributed by atoms with van der Waals surface area (Å²) in [6, 6.07) is 5.58. The maximum atomic E-state index is 15.6. The van der Waals surface area contributed by atoms with E-state index in [-0.39, 0.29) is 30.7 Å². The zero-order valence-corrected chi connectivity index (χ0v) is 15.7. The van der Waals surface area contributed by atoms with Gasteiger partial charge < -0.3 is 10.0 Å². The maximum absolute atomic E-state index is 15.6. The Morgan fingerprint density at radius 1 is 1.17 bits per heavy atom. The molecule has 23 heavy (non-hydrogen) atoms. The summed E-state index contributed by atoms with van der Waals surface area (Å²) < 4.78 is 15.6. The van der Waals surface area contributed by atoms with Gasteiger partial charge in [0.05, 0.1) is 0 Å². The Bertz CT molecular complexity index is 506. The molecule has 0 aliphatic heterocycles. The van der Waals surface area contributed by atoms with Crippen molar-refractivity contribution in [3.05, 3.63) is 34.9 Å². The van der Waals surface area contributed by atoms with Crippen molar-refractivity contribution >= 4 is 18.4 Å². The van der Waals surface area contributed by atoms with Gasteiger partial charge in [-0.25, -0.2) is 9.18 Å². The zero-order valence-electron chi connectivity index (χ0n) is 14.9. The van der Waals surface area contributed by atoms with Gasteiger partial charge in [-0.1, -0.05) is 45.9 Å². The highest BCUT2D eigenvalue weighted by Gasteiger charge is 2.44. The Balaban J connectivity index is 0.00000484. The molecule has 0 bridgehead atoms. The number of rotatable bonds is 7. The first-order valence-electron chi connectivity index (χ1n) is 7.81. The Labute approximate surface area is 145 Å². The lowest BCUT2D eigenvalue weighted by Gasteiger charge is -2.30. The van der Waals surface area contributed by atoms with E-state index in [0.29, 0.717) is 12.1 Å². The van der Waals surface area contributed by atoms with Gasteiger partial charge in [0, 0.05) is 18.5 Å². The van der Waals surface area contributed by atoms with Crippen molar-refractivity contribution in [2.45, 2.75) is 51.6 Å². The number of hydrogen-bond acceptors (Lipinski definition) is 2. The Morgan fingerprint density at radius 3 is 1.91 bits per heavy atom. The molecule has 3 nitrogen and oxygen atoms in total. The van der Waals surface area contributed by atoms with Gasteiger partial charge >= 0.3 is 5.97 Å². The largest absolute Gasteiger partial charge is 0.479 e. The van der Waals surface area contributed by atoms with Crippen molar-refractivity contribution in [2.24, 2.45) is 0 Å². The molecule has 0 aliphatic rings. The highest BCUT2D eigenvalue weighted by molar-refractivity contribution is 5.85. The molecule has 1 N–H and O–H groups in total. The number of hydrogen-bond donors (Lipinski definition) is 1. The third kappa shape index (κ3) is 4.92. The molecular weight excluding hydrogens is 317 g/mol. The van der Waals surface area contributed by atoms with Crippen LogP contribution >= 0.6 is 12.4 Å². The standard InChI is InChI=1S/C18H28FNO2.ClH/c1-12(2)14-8-7-9-15(13(3)4)16(14)18(19,17(21)22)10-11-20(5)6;/h7-9,12-13H,10-11H2,1-6H3,(H,21,22);1H/t18-;/m1./s1. The van der Waals surface area contributed by atoms with Crippen LogP contribution in [-0.2, 0) is 10.5 Å². The van der Waals surface area contributed by atoms with Gasteiger partial charge in [0.1, 0.15) is 0 Å². The molecule has 1 aromatic rings. The first kappa shape index (κ1) is 21.9. The van der Waals surface area contributed by atoms with Crippen molar-refractivity contribution in [1.82, 2.24) is 4.90 Å². The molecule has 0 heterocycles. The summed E-state index contributed by atoms with van der Waals surface area (Å²) in [5.41, 5.74) is -0.427. The molecule has 132 valence electrons. The van der Waals surface area contributed by atoms with E-state index >= 15 is 4.39 Å². The lowest BCUT2D eigenvalue weighted by Crippen LogP contribution is -2.36. The quantitative estimate of drug-likeness (QED) is 0.787. The van der Waals surface area contributed by atoms with Gasteiger partial charge in [0.2, 0.25) is 5.67 Å². The number of nitrogens with zero attached hydrogens (tertiary/aromatic N) is 1. The van der Waals surface area contributed by atoms with Crippen molar-refractivity contribution in [3.8, 4) is 0 Å². The minimum absolute atomic E-state index is 0. The SMILES string of the molecule is CC(C)c1cccc(C(C)C)c1[C@](F)(CCN(C)C)C(=O)O.Cl. The van der Waals surface area contributed by atoms with Crippen molar-refractivity contribution in [1.29, 1.82) is 0 Å². The highest BCUT2D eigenvalue weighted by Crippen LogP contribution is 2.40.